The number of aromatic nitrogens is 1. The summed E-state index contributed by atoms with van der Waals surface area (Å²) >= 11 is 0. The first kappa shape index (κ1) is 14.4. The molecule has 4 rings (SSSR count). The topological polar surface area (TPSA) is 68.5 Å². The summed E-state index contributed by atoms with van der Waals surface area (Å²) in [6, 6.07) is 7.25. The summed E-state index contributed by atoms with van der Waals surface area (Å²) in [6.07, 6.45) is 4.85. The van der Waals surface area contributed by atoms with Crippen LogP contribution in [0.15, 0.2) is 30.5 Å². The second kappa shape index (κ2) is 5.45. The second-order valence-corrected chi connectivity index (χ2v) is 6.55. The van der Waals surface area contributed by atoms with Crippen LogP contribution >= 0.6 is 0 Å². The van der Waals surface area contributed by atoms with Gasteiger partial charge in [0.1, 0.15) is 5.69 Å². The molecule has 0 radical (unpaired) electrons. The Hall–Kier alpha value is -2.21. The first-order chi connectivity index (χ1) is 11.2. The molecule has 0 N–H and O–H groups in total. The van der Waals surface area contributed by atoms with Crippen molar-refractivity contribution in [2.24, 2.45) is 5.41 Å². The fourth-order valence-electron chi connectivity index (χ4n) is 3.84. The van der Waals surface area contributed by atoms with E-state index in [0.29, 0.717) is 22.0 Å². The Bertz CT molecular complexity index is 746. The lowest BCUT2D eigenvalue weighted by Gasteiger charge is -2.39. The molecule has 6 heteroatoms. The summed E-state index contributed by atoms with van der Waals surface area (Å²) < 4.78 is 5.56. The van der Waals surface area contributed by atoms with E-state index in [-0.39, 0.29) is 10.6 Å². The van der Waals surface area contributed by atoms with Gasteiger partial charge >= 0.3 is 5.69 Å². The molecular formula is C17H19N3O3. The van der Waals surface area contributed by atoms with Crippen LogP contribution in [0.4, 0.5) is 11.4 Å². The molecule has 2 fully saturated rings. The molecule has 120 valence electrons. The number of nitro groups is 1. The van der Waals surface area contributed by atoms with E-state index in [1.54, 1.807) is 18.3 Å². The fraction of sp³-hybridized carbons (Fsp3) is 0.471. The average molecular weight is 313 g/mol. The highest BCUT2D eigenvalue weighted by Crippen LogP contribution is 2.42. The highest BCUT2D eigenvalue weighted by Gasteiger charge is 2.39. The molecule has 3 heterocycles. The summed E-state index contributed by atoms with van der Waals surface area (Å²) in [5, 5.41) is 12.3. The largest absolute Gasteiger partial charge is 0.381 e. The van der Waals surface area contributed by atoms with Crippen LogP contribution in [0.5, 0.6) is 0 Å². The van der Waals surface area contributed by atoms with Crippen molar-refractivity contribution in [2.45, 2.75) is 19.3 Å². The number of benzene rings is 1. The van der Waals surface area contributed by atoms with Gasteiger partial charge in [0.05, 0.1) is 22.4 Å². The van der Waals surface area contributed by atoms with E-state index in [2.05, 4.69) is 9.88 Å². The van der Waals surface area contributed by atoms with Crippen molar-refractivity contribution in [2.75, 3.05) is 31.2 Å². The summed E-state index contributed by atoms with van der Waals surface area (Å²) in [5.41, 5.74) is 1.85. The van der Waals surface area contributed by atoms with Gasteiger partial charge in [0.15, 0.2) is 0 Å². The van der Waals surface area contributed by atoms with Crippen molar-refractivity contribution in [1.29, 1.82) is 0 Å². The highest BCUT2D eigenvalue weighted by atomic mass is 16.6. The molecule has 2 saturated heterocycles. The smallest absolute Gasteiger partial charge is 0.301 e. The van der Waals surface area contributed by atoms with Crippen LogP contribution in [0.3, 0.4) is 0 Å². The Morgan fingerprint density at radius 3 is 2.74 bits per heavy atom. The van der Waals surface area contributed by atoms with Crippen molar-refractivity contribution >= 4 is 22.3 Å². The van der Waals surface area contributed by atoms with Crippen molar-refractivity contribution in [1.82, 2.24) is 4.98 Å². The van der Waals surface area contributed by atoms with Gasteiger partial charge in [0.25, 0.3) is 0 Å². The Balaban J connectivity index is 1.69. The van der Waals surface area contributed by atoms with Gasteiger partial charge in [-0.2, -0.15) is 0 Å². The molecule has 0 unspecified atom stereocenters. The zero-order valence-electron chi connectivity index (χ0n) is 12.9. The Morgan fingerprint density at radius 1 is 1.22 bits per heavy atom. The maximum Gasteiger partial charge on any atom is 0.301 e. The molecule has 1 aromatic heterocycles. The molecule has 23 heavy (non-hydrogen) atoms. The molecule has 0 bridgehead atoms. The Kier molecular flexibility index (Phi) is 3.41. The summed E-state index contributed by atoms with van der Waals surface area (Å²) in [5.74, 6) is 0. The van der Waals surface area contributed by atoms with Crippen LogP contribution in [-0.4, -0.2) is 36.2 Å². The number of ether oxygens (including phenoxy) is 1. The van der Waals surface area contributed by atoms with E-state index in [0.717, 1.165) is 45.6 Å². The second-order valence-electron chi connectivity index (χ2n) is 6.55. The number of hydrogen-bond acceptors (Lipinski definition) is 5. The fourth-order valence-corrected chi connectivity index (χ4v) is 3.84. The van der Waals surface area contributed by atoms with Gasteiger partial charge in [-0.1, -0.05) is 0 Å². The summed E-state index contributed by atoms with van der Waals surface area (Å²) in [6.45, 7) is 3.37. The summed E-state index contributed by atoms with van der Waals surface area (Å²) in [4.78, 5) is 17.8. The standard InChI is InChI=1S/C17H19N3O3/c21-20(22)16-13-2-1-8-18-14(13)3-4-15(16)19-9-5-17(6-10-19)7-11-23-12-17/h1-4,8H,5-7,9-12H2. The van der Waals surface area contributed by atoms with Crippen LogP contribution in [0.1, 0.15) is 19.3 Å². The molecule has 0 amide bonds. The molecular weight excluding hydrogens is 294 g/mol. The molecule has 1 aromatic carbocycles. The number of nitrogens with zero attached hydrogens (tertiary/aromatic N) is 3. The molecule has 2 aromatic rings. The van der Waals surface area contributed by atoms with E-state index in [1.807, 2.05) is 12.1 Å². The van der Waals surface area contributed by atoms with Crippen molar-refractivity contribution < 1.29 is 9.66 Å². The zero-order valence-corrected chi connectivity index (χ0v) is 12.9. The monoisotopic (exact) mass is 313 g/mol. The van der Waals surface area contributed by atoms with Crippen LogP contribution in [0, 0.1) is 15.5 Å². The first-order valence-electron chi connectivity index (χ1n) is 8.03. The number of hydrogen-bond donors (Lipinski definition) is 0. The van der Waals surface area contributed by atoms with E-state index in [1.165, 1.54) is 0 Å². The molecule has 0 aliphatic carbocycles. The van der Waals surface area contributed by atoms with E-state index < -0.39 is 0 Å². The maximum absolute atomic E-state index is 11.7. The number of fused-ring (bicyclic) bond motifs is 1. The molecule has 0 saturated carbocycles. The van der Waals surface area contributed by atoms with Crippen molar-refractivity contribution in [3.8, 4) is 0 Å². The third-order valence-corrected chi connectivity index (χ3v) is 5.27. The van der Waals surface area contributed by atoms with Crippen molar-refractivity contribution in [3.63, 3.8) is 0 Å². The van der Waals surface area contributed by atoms with Gasteiger partial charge in [0.2, 0.25) is 0 Å². The lowest BCUT2D eigenvalue weighted by atomic mass is 9.78. The number of anilines is 1. The van der Waals surface area contributed by atoms with Gasteiger partial charge in [-0.15, -0.1) is 0 Å². The minimum Gasteiger partial charge on any atom is -0.381 e. The lowest BCUT2D eigenvalue weighted by molar-refractivity contribution is -0.382. The third-order valence-electron chi connectivity index (χ3n) is 5.27. The minimum absolute atomic E-state index is 0.175. The summed E-state index contributed by atoms with van der Waals surface area (Å²) in [7, 11) is 0. The Labute approximate surface area is 134 Å². The normalized spacial score (nSPS) is 20.3. The van der Waals surface area contributed by atoms with Gasteiger partial charge in [-0.05, 0) is 48.9 Å². The molecule has 1 spiro atoms. The zero-order chi connectivity index (χ0) is 15.9. The number of piperidine rings is 1. The van der Waals surface area contributed by atoms with E-state index in [4.69, 9.17) is 4.74 Å². The molecule has 6 nitrogen and oxygen atoms in total. The van der Waals surface area contributed by atoms with E-state index in [9.17, 15) is 10.1 Å². The SMILES string of the molecule is O=[N+]([O-])c1c(N2CCC3(CCOC3)CC2)ccc2ncccc12. The van der Waals surface area contributed by atoms with Gasteiger partial charge < -0.3 is 9.64 Å². The lowest BCUT2D eigenvalue weighted by Crippen LogP contribution is -2.40. The Morgan fingerprint density at radius 2 is 2.04 bits per heavy atom. The maximum atomic E-state index is 11.7. The minimum atomic E-state index is -0.275. The molecule has 2 aliphatic heterocycles. The number of rotatable bonds is 2. The van der Waals surface area contributed by atoms with E-state index >= 15 is 0 Å². The average Bonchev–Trinajstić information content (AvgIpc) is 3.02. The van der Waals surface area contributed by atoms with Crippen LogP contribution < -0.4 is 4.90 Å². The third kappa shape index (κ3) is 2.43. The number of nitro benzene ring substituents is 1. The highest BCUT2D eigenvalue weighted by molar-refractivity contribution is 5.94. The molecule has 2 aliphatic rings. The quantitative estimate of drug-likeness (QED) is 0.629. The van der Waals surface area contributed by atoms with Crippen molar-refractivity contribution in [3.05, 3.63) is 40.6 Å². The van der Waals surface area contributed by atoms with Gasteiger partial charge in [0, 0.05) is 25.9 Å². The van der Waals surface area contributed by atoms with Crippen LogP contribution in [-0.2, 0) is 4.74 Å². The van der Waals surface area contributed by atoms with Gasteiger partial charge in [-0.3, -0.25) is 15.1 Å². The predicted octanol–water partition coefficient (Wildman–Crippen LogP) is 3.15. The predicted molar refractivity (Wildman–Crippen MR) is 87.7 cm³/mol. The van der Waals surface area contributed by atoms with Crippen LogP contribution in [0.25, 0.3) is 10.9 Å². The number of pyridine rings is 1. The molecule has 0 atom stereocenters. The van der Waals surface area contributed by atoms with Gasteiger partial charge in [-0.25, -0.2) is 0 Å². The van der Waals surface area contributed by atoms with Crippen LogP contribution in [0.2, 0.25) is 0 Å². The first-order valence-corrected chi connectivity index (χ1v) is 8.03.